The van der Waals surface area contributed by atoms with Crippen LogP contribution < -0.4 is 0 Å². The van der Waals surface area contributed by atoms with Crippen LogP contribution in [0.4, 0.5) is 0 Å². The summed E-state index contributed by atoms with van der Waals surface area (Å²) in [4.78, 5) is 20.4. The topological polar surface area (TPSA) is 63.6 Å². The summed E-state index contributed by atoms with van der Waals surface area (Å²) < 4.78 is 4.92. The molecule has 0 aliphatic heterocycles. The first-order valence-corrected chi connectivity index (χ1v) is 4.97. The molecule has 4 nitrogen and oxygen atoms in total. The van der Waals surface area contributed by atoms with Crippen LogP contribution in [-0.2, 0) is 14.3 Å². The molecule has 0 bridgehead atoms. The monoisotopic (exact) mass is 228 g/mol. The molecular weight excluding hydrogens is 208 g/mol. The van der Waals surface area contributed by atoms with Crippen molar-refractivity contribution in [3.8, 4) is 0 Å². The summed E-state index contributed by atoms with van der Waals surface area (Å²) in [7, 11) is 0. The molecule has 4 heteroatoms. The van der Waals surface area contributed by atoms with Crippen LogP contribution >= 0.6 is 0 Å². The summed E-state index contributed by atoms with van der Waals surface area (Å²) in [5.41, 5.74) is 0.635. The molecule has 0 saturated carbocycles. The maximum absolute atomic E-state index is 10.8. The fraction of sp³-hybridized carbons (Fsp3) is 0.500. The van der Waals surface area contributed by atoms with Crippen molar-refractivity contribution >= 4 is 11.9 Å². The van der Waals surface area contributed by atoms with Gasteiger partial charge in [0, 0.05) is 11.1 Å². The molecule has 0 heterocycles. The smallest absolute Gasteiger partial charge is 0.333 e. The van der Waals surface area contributed by atoms with Gasteiger partial charge in [0.1, 0.15) is 0 Å². The lowest BCUT2D eigenvalue weighted by Gasteiger charge is -2.09. The molecule has 1 unspecified atom stereocenters. The van der Waals surface area contributed by atoms with E-state index in [1.54, 1.807) is 6.92 Å². The zero-order valence-corrected chi connectivity index (χ0v) is 10.4. The second kappa shape index (κ2) is 8.71. The molecule has 0 aromatic carbocycles. The minimum absolute atomic E-state index is 0.00389. The van der Waals surface area contributed by atoms with Crippen molar-refractivity contribution in [2.75, 3.05) is 0 Å². The number of carbonyl (C=O) groups excluding carboxylic acids is 1. The summed E-state index contributed by atoms with van der Waals surface area (Å²) >= 11 is 0. The number of aliphatic carboxylic acids is 1. The highest BCUT2D eigenvalue weighted by Crippen LogP contribution is 2.00. The highest BCUT2D eigenvalue weighted by molar-refractivity contribution is 5.87. The predicted octanol–water partition coefficient (Wildman–Crippen LogP) is 2.55. The van der Waals surface area contributed by atoms with Gasteiger partial charge in [-0.1, -0.05) is 20.1 Å². The zero-order chi connectivity index (χ0) is 13.3. The van der Waals surface area contributed by atoms with Gasteiger partial charge in [-0.25, -0.2) is 9.59 Å². The summed E-state index contributed by atoms with van der Waals surface area (Å²) in [6, 6.07) is 0. The van der Waals surface area contributed by atoms with Gasteiger partial charge in [0.2, 0.25) is 0 Å². The van der Waals surface area contributed by atoms with Gasteiger partial charge in [0.05, 0.1) is 6.10 Å². The summed E-state index contributed by atoms with van der Waals surface area (Å²) in [6.07, 6.45) is 0.850. The maximum Gasteiger partial charge on any atom is 0.333 e. The quantitative estimate of drug-likeness (QED) is 0.593. The third-order valence-electron chi connectivity index (χ3n) is 1.60. The van der Waals surface area contributed by atoms with Crippen LogP contribution in [0.15, 0.2) is 24.3 Å². The van der Waals surface area contributed by atoms with Crippen molar-refractivity contribution in [2.24, 2.45) is 0 Å². The first-order valence-electron chi connectivity index (χ1n) is 4.97. The van der Waals surface area contributed by atoms with Crippen molar-refractivity contribution in [1.82, 2.24) is 0 Å². The predicted molar refractivity (Wildman–Crippen MR) is 63.1 cm³/mol. The van der Waals surface area contributed by atoms with Crippen LogP contribution in [0.5, 0.6) is 0 Å². The largest absolute Gasteiger partial charge is 0.478 e. The molecule has 0 radical (unpaired) electrons. The third-order valence-corrected chi connectivity index (χ3v) is 1.60. The standard InChI is InChI=1S/C8H14O2.C4H6O2/c1-5-7(4)10-8(9)6(2)3;1-3(2)4(5)6/h7H,2,5H2,1,3-4H3;1H2,2H3,(H,5,6). The van der Waals surface area contributed by atoms with E-state index in [1.165, 1.54) is 6.92 Å². The number of hydrogen-bond acceptors (Lipinski definition) is 3. The number of hydrogen-bond donors (Lipinski definition) is 1. The Labute approximate surface area is 96.6 Å². The highest BCUT2D eigenvalue weighted by Gasteiger charge is 2.06. The fourth-order valence-corrected chi connectivity index (χ4v) is 0.367. The van der Waals surface area contributed by atoms with Gasteiger partial charge >= 0.3 is 11.9 Å². The molecule has 0 aromatic rings. The molecule has 0 aromatic heterocycles. The van der Waals surface area contributed by atoms with Crippen LogP contribution in [-0.4, -0.2) is 23.1 Å². The average Bonchev–Trinajstić information content (AvgIpc) is 2.18. The van der Waals surface area contributed by atoms with E-state index in [2.05, 4.69) is 13.2 Å². The van der Waals surface area contributed by atoms with E-state index in [-0.39, 0.29) is 17.6 Å². The lowest BCUT2D eigenvalue weighted by atomic mass is 10.3. The first-order chi connectivity index (χ1) is 7.22. The number of carboxylic acid groups (broad SMARTS) is 1. The van der Waals surface area contributed by atoms with E-state index in [0.717, 1.165) is 6.42 Å². The molecule has 1 N–H and O–H groups in total. The molecule has 0 fully saturated rings. The van der Waals surface area contributed by atoms with Gasteiger partial charge in [-0.2, -0.15) is 0 Å². The Morgan fingerprint density at radius 3 is 1.81 bits per heavy atom. The Hall–Kier alpha value is -1.58. The van der Waals surface area contributed by atoms with E-state index in [0.29, 0.717) is 5.57 Å². The Kier molecular flexibility index (Phi) is 9.16. The Balaban J connectivity index is 0. The molecule has 0 aliphatic carbocycles. The molecule has 16 heavy (non-hydrogen) atoms. The number of carbonyl (C=O) groups is 2. The lowest BCUT2D eigenvalue weighted by Crippen LogP contribution is -2.13. The van der Waals surface area contributed by atoms with E-state index in [9.17, 15) is 9.59 Å². The second-order valence-electron chi connectivity index (χ2n) is 3.49. The van der Waals surface area contributed by atoms with E-state index < -0.39 is 5.97 Å². The molecular formula is C12H20O4. The SMILES string of the molecule is C=C(C)C(=O)O.C=C(C)C(=O)OC(C)CC. The lowest BCUT2D eigenvalue weighted by molar-refractivity contribution is -0.143. The van der Waals surface area contributed by atoms with Crippen LogP contribution in [0.1, 0.15) is 34.1 Å². The van der Waals surface area contributed by atoms with E-state index in [1.807, 2.05) is 13.8 Å². The van der Waals surface area contributed by atoms with Crippen LogP contribution in [0, 0.1) is 0 Å². The number of rotatable bonds is 4. The van der Waals surface area contributed by atoms with Gasteiger partial charge in [0.15, 0.2) is 0 Å². The van der Waals surface area contributed by atoms with Crippen LogP contribution in [0.2, 0.25) is 0 Å². The molecule has 0 rings (SSSR count). The maximum atomic E-state index is 10.8. The second-order valence-corrected chi connectivity index (χ2v) is 3.49. The average molecular weight is 228 g/mol. The van der Waals surface area contributed by atoms with E-state index in [4.69, 9.17) is 9.84 Å². The Morgan fingerprint density at radius 2 is 1.62 bits per heavy atom. The van der Waals surface area contributed by atoms with Gasteiger partial charge < -0.3 is 9.84 Å². The molecule has 0 amide bonds. The number of carboxylic acids is 1. The number of esters is 1. The molecule has 0 saturated heterocycles. The van der Waals surface area contributed by atoms with Gasteiger partial charge in [-0.15, -0.1) is 0 Å². The normalized spacial score (nSPS) is 10.5. The van der Waals surface area contributed by atoms with Crippen LogP contribution in [0.25, 0.3) is 0 Å². The first kappa shape index (κ1) is 16.8. The Bertz CT molecular complexity index is 267. The molecule has 92 valence electrons. The highest BCUT2D eigenvalue weighted by atomic mass is 16.5. The van der Waals surface area contributed by atoms with E-state index >= 15 is 0 Å². The summed E-state index contributed by atoms with van der Waals surface area (Å²) in [6.45, 7) is 13.5. The molecule has 1 atom stereocenters. The zero-order valence-electron chi connectivity index (χ0n) is 10.4. The minimum atomic E-state index is -0.935. The molecule has 0 aliphatic rings. The van der Waals surface area contributed by atoms with Crippen molar-refractivity contribution in [3.63, 3.8) is 0 Å². The van der Waals surface area contributed by atoms with Gasteiger partial charge in [-0.05, 0) is 27.2 Å². The molecule has 0 spiro atoms. The van der Waals surface area contributed by atoms with Crippen molar-refractivity contribution in [3.05, 3.63) is 24.3 Å². The van der Waals surface area contributed by atoms with Gasteiger partial charge in [0.25, 0.3) is 0 Å². The van der Waals surface area contributed by atoms with Crippen molar-refractivity contribution < 1.29 is 19.4 Å². The third kappa shape index (κ3) is 10.5. The van der Waals surface area contributed by atoms with Gasteiger partial charge in [-0.3, -0.25) is 0 Å². The van der Waals surface area contributed by atoms with Crippen molar-refractivity contribution in [1.29, 1.82) is 0 Å². The van der Waals surface area contributed by atoms with Crippen molar-refractivity contribution in [2.45, 2.75) is 40.2 Å². The Morgan fingerprint density at radius 1 is 1.25 bits per heavy atom. The van der Waals surface area contributed by atoms with Crippen LogP contribution in [0.3, 0.4) is 0 Å². The summed E-state index contributed by atoms with van der Waals surface area (Å²) in [5, 5.41) is 7.89. The minimum Gasteiger partial charge on any atom is -0.478 e. The summed E-state index contributed by atoms with van der Waals surface area (Å²) in [5.74, 6) is -1.23. The number of ether oxygens (including phenoxy) is 1. The fourth-order valence-electron chi connectivity index (χ4n) is 0.367.